The van der Waals surface area contributed by atoms with Gasteiger partial charge in [-0.2, -0.15) is 5.10 Å². The fourth-order valence-corrected chi connectivity index (χ4v) is 3.45. The van der Waals surface area contributed by atoms with Gasteiger partial charge in [-0.15, -0.1) is 0 Å². The average molecular weight is 395 g/mol. The highest BCUT2D eigenvalue weighted by atomic mass is 35.5. The summed E-state index contributed by atoms with van der Waals surface area (Å²) < 4.78 is 1.96. The maximum absolute atomic E-state index is 12.8. The van der Waals surface area contributed by atoms with Gasteiger partial charge in [0.05, 0.1) is 15.7 Å². The number of halogens is 2. The number of hydrogen-bond donors (Lipinski definition) is 1. The van der Waals surface area contributed by atoms with Crippen LogP contribution in [0.15, 0.2) is 18.2 Å². The Morgan fingerprint density at radius 2 is 2.15 bits per heavy atom. The summed E-state index contributed by atoms with van der Waals surface area (Å²) in [6.07, 6.45) is 2.24. The third kappa shape index (κ3) is 3.86. The van der Waals surface area contributed by atoms with Crippen LogP contribution in [0, 0.1) is 6.92 Å². The van der Waals surface area contributed by atoms with E-state index in [2.05, 4.69) is 10.4 Å². The van der Waals surface area contributed by atoms with E-state index in [1.54, 1.807) is 18.2 Å². The summed E-state index contributed by atoms with van der Waals surface area (Å²) >= 11 is 12.0. The van der Waals surface area contributed by atoms with E-state index in [9.17, 15) is 9.59 Å². The highest BCUT2D eigenvalue weighted by molar-refractivity contribution is 6.42. The standard InChI is InChI=1S/C18H20Cl2N4O2/c1-12-14-10-23(18(26)13-3-4-15(19)16(20)9-13)8-5-17(14)22-24(12)7-2-6-21-11-25/h3-4,9,11H,2,5-8,10H2,1H3,(H,21,25). The van der Waals surface area contributed by atoms with Crippen LogP contribution < -0.4 is 5.32 Å². The van der Waals surface area contributed by atoms with Crippen LogP contribution in [0.1, 0.15) is 33.7 Å². The van der Waals surface area contributed by atoms with Crippen LogP contribution >= 0.6 is 23.2 Å². The minimum Gasteiger partial charge on any atom is -0.359 e. The first-order chi connectivity index (χ1) is 12.5. The van der Waals surface area contributed by atoms with E-state index in [-0.39, 0.29) is 5.91 Å². The van der Waals surface area contributed by atoms with Crippen molar-refractivity contribution in [1.82, 2.24) is 20.0 Å². The highest BCUT2D eigenvalue weighted by Crippen LogP contribution is 2.26. The summed E-state index contributed by atoms with van der Waals surface area (Å²) in [5.41, 5.74) is 3.75. The van der Waals surface area contributed by atoms with Gasteiger partial charge in [-0.3, -0.25) is 14.3 Å². The Bertz CT molecular complexity index is 835. The predicted octanol–water partition coefficient (Wildman–Crippen LogP) is 2.83. The second kappa shape index (κ2) is 8.10. The van der Waals surface area contributed by atoms with E-state index >= 15 is 0 Å². The highest BCUT2D eigenvalue weighted by Gasteiger charge is 2.26. The topological polar surface area (TPSA) is 67.2 Å². The largest absolute Gasteiger partial charge is 0.359 e. The van der Waals surface area contributed by atoms with Crippen LogP contribution in [-0.4, -0.2) is 40.1 Å². The number of nitrogens with one attached hydrogen (secondary N) is 1. The molecule has 0 saturated heterocycles. The van der Waals surface area contributed by atoms with Crippen molar-refractivity contribution in [3.05, 3.63) is 50.8 Å². The van der Waals surface area contributed by atoms with Crippen LogP contribution in [0.5, 0.6) is 0 Å². The molecule has 2 amide bonds. The lowest BCUT2D eigenvalue weighted by Crippen LogP contribution is -2.36. The molecule has 1 aromatic heterocycles. The van der Waals surface area contributed by atoms with Gasteiger partial charge in [-0.1, -0.05) is 23.2 Å². The van der Waals surface area contributed by atoms with Gasteiger partial charge in [-0.05, 0) is 31.5 Å². The van der Waals surface area contributed by atoms with E-state index in [0.29, 0.717) is 41.7 Å². The fourth-order valence-electron chi connectivity index (χ4n) is 3.16. The van der Waals surface area contributed by atoms with E-state index in [1.165, 1.54) is 0 Å². The van der Waals surface area contributed by atoms with Gasteiger partial charge in [0.1, 0.15) is 0 Å². The first-order valence-corrected chi connectivity index (χ1v) is 9.23. The molecule has 3 rings (SSSR count). The van der Waals surface area contributed by atoms with Crippen molar-refractivity contribution in [2.75, 3.05) is 13.1 Å². The molecule has 0 saturated carbocycles. The van der Waals surface area contributed by atoms with Gasteiger partial charge in [0, 0.05) is 49.4 Å². The smallest absolute Gasteiger partial charge is 0.254 e. The number of carbonyl (C=O) groups is 2. The molecule has 6 nitrogen and oxygen atoms in total. The minimum atomic E-state index is -0.0588. The monoisotopic (exact) mass is 394 g/mol. The van der Waals surface area contributed by atoms with Crippen LogP contribution in [0.3, 0.4) is 0 Å². The van der Waals surface area contributed by atoms with Gasteiger partial charge < -0.3 is 10.2 Å². The number of hydrogen-bond acceptors (Lipinski definition) is 3. The van der Waals surface area contributed by atoms with Crippen molar-refractivity contribution in [3.63, 3.8) is 0 Å². The maximum Gasteiger partial charge on any atom is 0.254 e. The molecule has 0 atom stereocenters. The Labute approximate surface area is 162 Å². The normalized spacial score (nSPS) is 13.4. The molecular formula is C18H20Cl2N4O2. The molecule has 1 aliphatic heterocycles. The zero-order valence-corrected chi connectivity index (χ0v) is 16.0. The van der Waals surface area contributed by atoms with Crippen molar-refractivity contribution in [2.24, 2.45) is 0 Å². The van der Waals surface area contributed by atoms with Crippen LogP contribution in [-0.2, 0) is 24.3 Å². The lowest BCUT2D eigenvalue weighted by Gasteiger charge is -2.27. The number of aryl methyl sites for hydroxylation is 1. The molecule has 0 spiro atoms. The molecule has 0 fully saturated rings. The van der Waals surface area contributed by atoms with Gasteiger partial charge in [0.2, 0.25) is 6.41 Å². The molecule has 1 aliphatic rings. The molecule has 0 bridgehead atoms. The van der Waals surface area contributed by atoms with Crippen molar-refractivity contribution in [3.8, 4) is 0 Å². The van der Waals surface area contributed by atoms with Crippen molar-refractivity contribution >= 4 is 35.5 Å². The number of amides is 2. The number of benzene rings is 1. The Kier molecular flexibility index (Phi) is 5.84. The number of fused-ring (bicyclic) bond motifs is 1. The van der Waals surface area contributed by atoms with Gasteiger partial charge >= 0.3 is 0 Å². The summed E-state index contributed by atoms with van der Waals surface area (Å²) in [4.78, 5) is 24.9. The Balaban J connectivity index is 1.72. The second-order valence-corrected chi connectivity index (χ2v) is 7.08. The molecule has 0 radical (unpaired) electrons. The zero-order valence-electron chi connectivity index (χ0n) is 14.5. The summed E-state index contributed by atoms with van der Waals surface area (Å²) in [6, 6.07) is 4.95. The Morgan fingerprint density at radius 1 is 1.35 bits per heavy atom. The predicted molar refractivity (Wildman–Crippen MR) is 101 cm³/mol. The number of carbonyl (C=O) groups excluding carboxylic acids is 2. The molecule has 2 aromatic rings. The first kappa shape index (κ1) is 18.7. The Hall–Kier alpha value is -2.05. The molecule has 138 valence electrons. The lowest BCUT2D eigenvalue weighted by atomic mass is 10.0. The number of nitrogens with zero attached hydrogens (tertiary/aromatic N) is 3. The van der Waals surface area contributed by atoms with Gasteiger partial charge in [-0.25, -0.2) is 0 Å². The van der Waals surface area contributed by atoms with E-state index in [1.807, 2.05) is 16.5 Å². The maximum atomic E-state index is 12.8. The van der Waals surface area contributed by atoms with Crippen molar-refractivity contribution in [2.45, 2.75) is 32.9 Å². The third-order valence-electron chi connectivity index (χ3n) is 4.61. The summed E-state index contributed by atoms with van der Waals surface area (Å²) in [5, 5.41) is 8.13. The molecule has 1 N–H and O–H groups in total. The number of rotatable bonds is 6. The first-order valence-electron chi connectivity index (χ1n) is 8.47. The van der Waals surface area contributed by atoms with Gasteiger partial charge in [0.25, 0.3) is 5.91 Å². The molecule has 26 heavy (non-hydrogen) atoms. The van der Waals surface area contributed by atoms with Crippen LogP contribution in [0.25, 0.3) is 0 Å². The molecular weight excluding hydrogens is 375 g/mol. The summed E-state index contributed by atoms with van der Waals surface area (Å²) in [6.45, 7) is 4.53. The fraction of sp³-hybridized carbons (Fsp3) is 0.389. The summed E-state index contributed by atoms with van der Waals surface area (Å²) in [7, 11) is 0. The zero-order chi connectivity index (χ0) is 18.7. The molecule has 8 heteroatoms. The number of aromatic nitrogens is 2. The Morgan fingerprint density at radius 3 is 2.88 bits per heavy atom. The van der Waals surface area contributed by atoms with E-state index in [0.717, 1.165) is 36.3 Å². The second-order valence-electron chi connectivity index (χ2n) is 6.26. The van der Waals surface area contributed by atoms with Crippen LogP contribution in [0.2, 0.25) is 10.0 Å². The summed E-state index contributed by atoms with van der Waals surface area (Å²) in [5.74, 6) is -0.0588. The van der Waals surface area contributed by atoms with Crippen molar-refractivity contribution in [1.29, 1.82) is 0 Å². The molecule has 0 unspecified atom stereocenters. The molecule has 0 aliphatic carbocycles. The van der Waals surface area contributed by atoms with Gasteiger partial charge in [0.15, 0.2) is 0 Å². The SMILES string of the molecule is Cc1c2c(nn1CCCNC=O)CCN(C(=O)c1ccc(Cl)c(Cl)c1)C2. The van der Waals surface area contributed by atoms with E-state index in [4.69, 9.17) is 23.2 Å². The van der Waals surface area contributed by atoms with Crippen molar-refractivity contribution < 1.29 is 9.59 Å². The quantitative estimate of drug-likeness (QED) is 0.604. The lowest BCUT2D eigenvalue weighted by molar-refractivity contribution is -0.109. The van der Waals surface area contributed by atoms with Crippen LogP contribution in [0.4, 0.5) is 0 Å². The molecule has 1 aromatic carbocycles. The average Bonchev–Trinajstić information content (AvgIpc) is 2.96. The van der Waals surface area contributed by atoms with E-state index < -0.39 is 0 Å². The molecule has 2 heterocycles. The minimum absolute atomic E-state index is 0.0588. The third-order valence-corrected chi connectivity index (χ3v) is 5.35.